The third-order valence-electron chi connectivity index (χ3n) is 2.04. The summed E-state index contributed by atoms with van der Waals surface area (Å²) in [5.74, 6) is -2.29. The van der Waals surface area contributed by atoms with Gasteiger partial charge in [-0.2, -0.15) is 0 Å². The zero-order valence-corrected chi connectivity index (χ0v) is 11.9. The van der Waals surface area contributed by atoms with E-state index < -0.39 is 21.7 Å². The molecule has 4 nitrogen and oxygen atoms in total. The predicted octanol–water partition coefficient (Wildman–Crippen LogP) is 1.65. The number of hydrogen-bond donors (Lipinski definition) is 1. The fraction of sp³-hybridized carbons (Fsp3) is 0.400. The van der Waals surface area contributed by atoms with Crippen molar-refractivity contribution in [2.24, 2.45) is 0 Å². The van der Waals surface area contributed by atoms with Crippen LogP contribution in [0.15, 0.2) is 23.1 Å². The van der Waals surface area contributed by atoms with Crippen molar-refractivity contribution in [1.29, 1.82) is 0 Å². The molecule has 1 aromatic carbocycles. The van der Waals surface area contributed by atoms with E-state index >= 15 is 0 Å². The average Bonchev–Trinajstić information content (AvgIpc) is 2.30. The van der Waals surface area contributed by atoms with Gasteiger partial charge < -0.3 is 4.74 Å². The van der Waals surface area contributed by atoms with Crippen LogP contribution in [-0.2, 0) is 14.8 Å². The average molecular weight is 344 g/mol. The van der Waals surface area contributed by atoms with Gasteiger partial charge in [-0.25, -0.2) is 21.9 Å². The number of rotatable bonds is 6. The molecule has 0 amide bonds. The second-order valence-electron chi connectivity index (χ2n) is 3.48. The maximum Gasteiger partial charge on any atom is 0.240 e. The normalized spacial score (nSPS) is 13.6. The number of methoxy groups -OCH3 is 1. The summed E-state index contributed by atoms with van der Waals surface area (Å²) in [5.41, 5.74) is 0. The van der Waals surface area contributed by atoms with Crippen LogP contribution in [0.5, 0.6) is 0 Å². The minimum Gasteiger partial charge on any atom is -0.383 e. The van der Waals surface area contributed by atoms with Crippen LogP contribution in [0.2, 0.25) is 0 Å². The van der Waals surface area contributed by atoms with Gasteiger partial charge in [-0.3, -0.25) is 0 Å². The van der Waals surface area contributed by atoms with E-state index in [0.717, 1.165) is 12.1 Å². The number of benzene rings is 1. The van der Waals surface area contributed by atoms with E-state index in [9.17, 15) is 17.2 Å². The number of hydrogen-bond acceptors (Lipinski definition) is 3. The summed E-state index contributed by atoms with van der Waals surface area (Å²) in [4.78, 5) is -0.527. The zero-order chi connectivity index (χ0) is 13.8. The first-order chi connectivity index (χ1) is 8.36. The lowest BCUT2D eigenvalue weighted by molar-refractivity contribution is 0.201. The Balaban J connectivity index is 2.77. The van der Waals surface area contributed by atoms with Crippen molar-refractivity contribution in [3.63, 3.8) is 0 Å². The van der Waals surface area contributed by atoms with Crippen molar-refractivity contribution in [3.05, 3.63) is 29.8 Å². The Morgan fingerprint density at radius 3 is 2.61 bits per heavy atom. The number of nitrogens with one attached hydrogen (secondary N) is 1. The third-order valence-corrected chi connectivity index (χ3v) is 4.05. The van der Waals surface area contributed by atoms with E-state index in [1.807, 2.05) is 0 Å². The van der Waals surface area contributed by atoms with Gasteiger partial charge in [-0.05, 0) is 18.2 Å². The minimum absolute atomic E-state index is 0.0785. The quantitative estimate of drug-likeness (QED) is 0.799. The molecule has 0 bridgehead atoms. The highest BCUT2D eigenvalue weighted by molar-refractivity contribution is 9.09. The summed E-state index contributed by atoms with van der Waals surface area (Å²) < 4.78 is 56.2. The Kier molecular flexibility index (Phi) is 5.64. The van der Waals surface area contributed by atoms with Crippen molar-refractivity contribution in [1.82, 2.24) is 4.72 Å². The molecular formula is C10H12BrF2NO3S. The molecule has 1 rings (SSSR count). The van der Waals surface area contributed by atoms with Crippen molar-refractivity contribution >= 4 is 26.0 Å². The van der Waals surface area contributed by atoms with Crippen LogP contribution in [0.1, 0.15) is 0 Å². The van der Waals surface area contributed by atoms with Crippen molar-refractivity contribution in [2.45, 2.75) is 9.72 Å². The van der Waals surface area contributed by atoms with Crippen LogP contribution in [0.4, 0.5) is 8.78 Å². The summed E-state index contributed by atoms with van der Waals surface area (Å²) >= 11 is 3.20. The molecular weight excluding hydrogens is 332 g/mol. The summed E-state index contributed by atoms with van der Waals surface area (Å²) in [6.45, 7) is 0.398. The molecule has 0 heterocycles. The molecule has 0 aliphatic carbocycles. The number of halogens is 3. The highest BCUT2D eigenvalue weighted by atomic mass is 79.9. The second kappa shape index (κ2) is 6.55. The fourth-order valence-electron chi connectivity index (χ4n) is 1.17. The van der Waals surface area contributed by atoms with E-state index in [1.54, 1.807) is 0 Å². The summed E-state index contributed by atoms with van der Waals surface area (Å²) in [6, 6.07) is 2.40. The van der Waals surface area contributed by atoms with Crippen molar-refractivity contribution < 1.29 is 21.9 Å². The Hall–Kier alpha value is -0.570. The van der Waals surface area contributed by atoms with Crippen LogP contribution in [0, 0.1) is 11.6 Å². The minimum atomic E-state index is -3.86. The van der Waals surface area contributed by atoms with E-state index in [-0.39, 0.29) is 16.3 Å². The van der Waals surface area contributed by atoms with Crippen LogP contribution in [0.25, 0.3) is 0 Å². The van der Waals surface area contributed by atoms with Gasteiger partial charge >= 0.3 is 0 Å². The van der Waals surface area contributed by atoms with E-state index in [1.165, 1.54) is 7.11 Å². The maximum absolute atomic E-state index is 12.9. The first kappa shape index (κ1) is 15.5. The van der Waals surface area contributed by atoms with Crippen molar-refractivity contribution in [3.8, 4) is 0 Å². The van der Waals surface area contributed by atoms with Crippen LogP contribution < -0.4 is 4.72 Å². The molecule has 0 saturated heterocycles. The van der Waals surface area contributed by atoms with Gasteiger partial charge in [0.1, 0.15) is 0 Å². The molecule has 1 aromatic rings. The Bertz CT molecular complexity index is 510. The molecule has 0 spiro atoms. The molecule has 0 aromatic heterocycles. The number of ether oxygens (including phenoxy) is 1. The van der Waals surface area contributed by atoms with Crippen LogP contribution in [0.3, 0.4) is 0 Å². The second-order valence-corrected chi connectivity index (χ2v) is 6.54. The first-order valence-electron chi connectivity index (χ1n) is 4.94. The zero-order valence-electron chi connectivity index (χ0n) is 9.49. The Labute approximate surface area is 113 Å². The molecule has 102 valence electrons. The van der Waals surface area contributed by atoms with Gasteiger partial charge in [0.15, 0.2) is 11.6 Å². The van der Waals surface area contributed by atoms with E-state index in [4.69, 9.17) is 4.74 Å². The summed E-state index contributed by atoms with van der Waals surface area (Å²) in [7, 11) is -2.37. The SMILES string of the molecule is COCC(Br)CNS(=O)(=O)c1ccc(F)c(F)c1. The molecule has 0 aliphatic rings. The summed E-state index contributed by atoms with van der Waals surface area (Å²) in [6.07, 6.45) is 0. The Morgan fingerprint density at radius 2 is 2.06 bits per heavy atom. The molecule has 18 heavy (non-hydrogen) atoms. The first-order valence-corrected chi connectivity index (χ1v) is 7.34. The lowest BCUT2D eigenvalue weighted by atomic mass is 10.3. The molecule has 0 fully saturated rings. The largest absolute Gasteiger partial charge is 0.383 e. The molecule has 0 saturated carbocycles. The molecule has 0 radical (unpaired) electrons. The highest BCUT2D eigenvalue weighted by Gasteiger charge is 2.17. The fourth-order valence-corrected chi connectivity index (χ4v) is 2.90. The number of alkyl halides is 1. The van der Waals surface area contributed by atoms with E-state index in [2.05, 4.69) is 20.7 Å². The van der Waals surface area contributed by atoms with Gasteiger partial charge in [0.05, 0.1) is 16.3 Å². The van der Waals surface area contributed by atoms with E-state index in [0.29, 0.717) is 12.7 Å². The van der Waals surface area contributed by atoms with Crippen LogP contribution >= 0.6 is 15.9 Å². The molecule has 8 heteroatoms. The smallest absolute Gasteiger partial charge is 0.240 e. The molecule has 1 atom stereocenters. The van der Waals surface area contributed by atoms with Crippen LogP contribution in [-0.4, -0.2) is 33.5 Å². The van der Waals surface area contributed by atoms with Gasteiger partial charge in [-0.1, -0.05) is 15.9 Å². The topological polar surface area (TPSA) is 55.4 Å². The lowest BCUT2D eigenvalue weighted by Gasteiger charge is -2.10. The Morgan fingerprint density at radius 1 is 1.39 bits per heavy atom. The lowest BCUT2D eigenvalue weighted by Crippen LogP contribution is -2.31. The molecule has 0 aliphatic heterocycles. The highest BCUT2D eigenvalue weighted by Crippen LogP contribution is 2.13. The number of sulfonamides is 1. The van der Waals surface area contributed by atoms with Crippen molar-refractivity contribution in [2.75, 3.05) is 20.3 Å². The van der Waals surface area contributed by atoms with Gasteiger partial charge in [-0.15, -0.1) is 0 Å². The van der Waals surface area contributed by atoms with Gasteiger partial charge in [0.2, 0.25) is 10.0 Å². The predicted molar refractivity (Wildman–Crippen MR) is 66.1 cm³/mol. The molecule has 1 unspecified atom stereocenters. The molecule has 1 N–H and O–H groups in total. The maximum atomic E-state index is 12.9. The van der Waals surface area contributed by atoms with Gasteiger partial charge in [0.25, 0.3) is 0 Å². The summed E-state index contributed by atoms with van der Waals surface area (Å²) in [5, 5.41) is 0. The standard InChI is InChI=1S/C10H12BrF2NO3S/c1-17-6-7(11)5-14-18(15,16)8-2-3-9(12)10(13)4-8/h2-4,7,14H,5-6H2,1H3. The van der Waals surface area contributed by atoms with Gasteiger partial charge in [0, 0.05) is 13.7 Å². The third kappa shape index (κ3) is 4.27. The monoisotopic (exact) mass is 343 g/mol.